The molecule has 1 fully saturated rings. The third kappa shape index (κ3) is 7.87. The maximum absolute atomic E-state index is 13.9. The van der Waals surface area contributed by atoms with Gasteiger partial charge in [-0.15, -0.1) is 0 Å². The van der Waals surface area contributed by atoms with Crippen LogP contribution in [-0.2, 0) is 4.79 Å². The summed E-state index contributed by atoms with van der Waals surface area (Å²) in [4.78, 5) is 34.5. The first kappa shape index (κ1) is 32.6. The number of nitrogens with one attached hydrogen (secondary N) is 2. The van der Waals surface area contributed by atoms with Gasteiger partial charge in [0, 0.05) is 50.6 Å². The summed E-state index contributed by atoms with van der Waals surface area (Å²) in [6, 6.07) is 33.3. The predicted molar refractivity (Wildman–Crippen MR) is 187 cm³/mol. The van der Waals surface area contributed by atoms with E-state index in [2.05, 4.69) is 45.2 Å². The van der Waals surface area contributed by atoms with Crippen LogP contribution in [0.2, 0.25) is 0 Å². The molecule has 8 heteroatoms. The van der Waals surface area contributed by atoms with E-state index >= 15 is 0 Å². The van der Waals surface area contributed by atoms with E-state index in [-0.39, 0.29) is 11.8 Å². The molecular weight excluding hydrogens is 574 g/mol. The number of methoxy groups -OCH3 is 1. The lowest BCUT2D eigenvalue weighted by molar-refractivity contribution is -0.116. The maximum atomic E-state index is 13.9. The minimum atomic E-state index is -0.489. The van der Waals surface area contributed by atoms with Crippen LogP contribution in [0, 0.1) is 0 Å². The summed E-state index contributed by atoms with van der Waals surface area (Å²) in [6.07, 6.45) is 0. The van der Waals surface area contributed by atoms with Gasteiger partial charge < -0.3 is 30.1 Å². The number of piperazine rings is 1. The highest BCUT2D eigenvalue weighted by Gasteiger charge is 2.26. The van der Waals surface area contributed by atoms with Crippen LogP contribution in [-0.4, -0.2) is 76.2 Å². The van der Waals surface area contributed by atoms with Crippen molar-refractivity contribution in [2.24, 2.45) is 0 Å². The van der Waals surface area contributed by atoms with Crippen molar-refractivity contribution in [2.75, 3.05) is 74.6 Å². The van der Waals surface area contributed by atoms with Gasteiger partial charge >= 0.3 is 0 Å². The highest BCUT2D eigenvalue weighted by atomic mass is 16.5. The second-order valence-electron chi connectivity index (χ2n) is 11.4. The number of hydrogen-bond donors (Lipinski definition) is 2. The first-order valence-electron chi connectivity index (χ1n) is 16.2. The Kier molecular flexibility index (Phi) is 11.3. The van der Waals surface area contributed by atoms with Crippen molar-refractivity contribution >= 4 is 28.9 Å². The number of carbonyl (C=O) groups excluding carboxylic acids is 2. The molecular formula is C38H45N5O3. The summed E-state index contributed by atoms with van der Waals surface area (Å²) >= 11 is 0. The Morgan fingerprint density at radius 3 is 1.91 bits per heavy atom. The Morgan fingerprint density at radius 2 is 1.33 bits per heavy atom. The molecule has 4 aromatic carbocycles. The van der Waals surface area contributed by atoms with Crippen LogP contribution in [0.3, 0.4) is 0 Å². The van der Waals surface area contributed by atoms with Crippen LogP contribution in [0.1, 0.15) is 41.3 Å². The van der Waals surface area contributed by atoms with E-state index in [0.717, 1.165) is 74.1 Å². The first-order valence-corrected chi connectivity index (χ1v) is 16.2. The summed E-state index contributed by atoms with van der Waals surface area (Å²) in [6.45, 7) is 10.5. The fraction of sp³-hybridized carbons (Fsp3) is 0.316. The van der Waals surface area contributed by atoms with Crippen molar-refractivity contribution in [1.82, 2.24) is 10.2 Å². The number of hydrogen-bond acceptors (Lipinski definition) is 6. The fourth-order valence-corrected chi connectivity index (χ4v) is 6.11. The molecule has 8 nitrogen and oxygen atoms in total. The van der Waals surface area contributed by atoms with E-state index in [0.29, 0.717) is 17.8 Å². The molecule has 0 unspecified atom stereocenters. The highest BCUT2D eigenvalue weighted by Crippen LogP contribution is 2.32. The molecule has 0 bridgehead atoms. The molecule has 0 radical (unpaired) electrons. The molecule has 1 saturated heterocycles. The molecule has 2 amide bonds. The van der Waals surface area contributed by atoms with Gasteiger partial charge in [-0.3, -0.25) is 9.59 Å². The van der Waals surface area contributed by atoms with E-state index in [9.17, 15) is 9.59 Å². The van der Waals surface area contributed by atoms with Gasteiger partial charge in [0.2, 0.25) is 5.91 Å². The van der Waals surface area contributed by atoms with E-state index in [1.54, 1.807) is 7.11 Å². The first-order chi connectivity index (χ1) is 22.5. The minimum Gasteiger partial charge on any atom is -0.495 e. The molecule has 0 aliphatic carbocycles. The average molecular weight is 620 g/mol. The second-order valence-corrected chi connectivity index (χ2v) is 11.4. The van der Waals surface area contributed by atoms with Gasteiger partial charge in [-0.05, 0) is 54.5 Å². The third-order valence-corrected chi connectivity index (χ3v) is 8.69. The van der Waals surface area contributed by atoms with Crippen LogP contribution in [0.4, 0.5) is 17.1 Å². The largest absolute Gasteiger partial charge is 0.495 e. The fourth-order valence-electron chi connectivity index (χ4n) is 6.11. The lowest BCUT2D eigenvalue weighted by Gasteiger charge is -2.38. The van der Waals surface area contributed by atoms with Gasteiger partial charge in [-0.1, -0.05) is 86.6 Å². The normalized spacial score (nSPS) is 13.2. The van der Waals surface area contributed by atoms with E-state index in [4.69, 9.17) is 4.74 Å². The molecule has 240 valence electrons. The van der Waals surface area contributed by atoms with Gasteiger partial charge in [-0.2, -0.15) is 0 Å². The van der Waals surface area contributed by atoms with Crippen molar-refractivity contribution in [3.05, 3.63) is 120 Å². The lowest BCUT2D eigenvalue weighted by atomic mass is 9.90. The zero-order valence-electron chi connectivity index (χ0n) is 27.1. The summed E-state index contributed by atoms with van der Waals surface area (Å²) in [7, 11) is 1.70. The summed E-state index contributed by atoms with van der Waals surface area (Å²) in [5, 5.41) is 6.27. The standard InChI is InChI=1S/C38H45N5O3/c1-4-41(5-2)23-22-39-37(44)32-28-31(40-38(45)36(29-14-8-6-9-15-29)30-16-10-7-11-17-30)20-21-33(32)42-24-26-43(27-25-42)34-18-12-13-19-35(34)46-3/h6-21,28,36H,4-5,22-27H2,1-3H3,(H,39,44)(H,40,45). The van der Waals surface area contributed by atoms with Crippen LogP contribution in [0.15, 0.2) is 103 Å². The molecule has 0 atom stereocenters. The number of carbonyl (C=O) groups is 2. The van der Waals surface area contributed by atoms with Crippen molar-refractivity contribution < 1.29 is 14.3 Å². The molecule has 2 N–H and O–H groups in total. The zero-order valence-corrected chi connectivity index (χ0v) is 27.1. The number of likely N-dealkylation sites (N-methyl/N-ethyl adjacent to an activating group) is 1. The van der Waals surface area contributed by atoms with E-state index in [1.165, 1.54) is 0 Å². The number of benzene rings is 4. The van der Waals surface area contributed by atoms with Crippen LogP contribution in [0.25, 0.3) is 0 Å². The Hall–Kier alpha value is -4.82. The summed E-state index contributed by atoms with van der Waals surface area (Å²) < 4.78 is 5.60. The van der Waals surface area contributed by atoms with Crippen molar-refractivity contribution in [3.63, 3.8) is 0 Å². The monoisotopic (exact) mass is 619 g/mol. The van der Waals surface area contributed by atoms with E-state index < -0.39 is 5.92 Å². The van der Waals surface area contributed by atoms with Gasteiger partial charge in [0.05, 0.1) is 24.3 Å². The van der Waals surface area contributed by atoms with Crippen molar-refractivity contribution in [1.29, 1.82) is 0 Å². The van der Waals surface area contributed by atoms with Gasteiger partial charge in [0.25, 0.3) is 5.91 Å². The van der Waals surface area contributed by atoms with Crippen LogP contribution in [0.5, 0.6) is 5.75 Å². The Morgan fingerprint density at radius 1 is 0.761 bits per heavy atom. The number of ether oxygens (including phenoxy) is 1. The number of amides is 2. The molecule has 46 heavy (non-hydrogen) atoms. The van der Waals surface area contributed by atoms with Crippen LogP contribution < -0.4 is 25.2 Å². The van der Waals surface area contributed by atoms with Crippen molar-refractivity contribution in [2.45, 2.75) is 19.8 Å². The summed E-state index contributed by atoms with van der Waals surface area (Å²) in [5.41, 5.74) is 4.89. The molecule has 1 aliphatic rings. The van der Waals surface area contributed by atoms with Crippen molar-refractivity contribution in [3.8, 4) is 5.75 Å². The number of nitrogens with zero attached hydrogens (tertiary/aromatic N) is 3. The number of rotatable bonds is 13. The van der Waals surface area contributed by atoms with Gasteiger partial charge in [-0.25, -0.2) is 0 Å². The lowest BCUT2D eigenvalue weighted by Crippen LogP contribution is -2.47. The highest BCUT2D eigenvalue weighted by molar-refractivity contribution is 6.03. The molecule has 1 heterocycles. The molecule has 0 aromatic heterocycles. The number of anilines is 3. The molecule has 1 aliphatic heterocycles. The molecule has 0 spiro atoms. The van der Waals surface area contributed by atoms with Gasteiger partial charge in [0.15, 0.2) is 0 Å². The molecule has 4 aromatic rings. The van der Waals surface area contributed by atoms with Gasteiger partial charge in [0.1, 0.15) is 5.75 Å². The smallest absolute Gasteiger partial charge is 0.253 e. The molecule has 0 saturated carbocycles. The van der Waals surface area contributed by atoms with Crippen LogP contribution >= 0.6 is 0 Å². The summed E-state index contributed by atoms with van der Waals surface area (Å²) in [5.74, 6) is 0.0710. The second kappa shape index (κ2) is 16.0. The quantitative estimate of drug-likeness (QED) is 0.195. The predicted octanol–water partition coefficient (Wildman–Crippen LogP) is 5.86. The average Bonchev–Trinajstić information content (AvgIpc) is 3.11. The Bertz CT molecular complexity index is 1530. The SMILES string of the molecule is CCN(CC)CCNC(=O)c1cc(NC(=O)C(c2ccccc2)c2ccccc2)ccc1N1CCN(c2ccccc2OC)CC1. The Balaban J connectivity index is 1.39. The topological polar surface area (TPSA) is 77.2 Å². The maximum Gasteiger partial charge on any atom is 0.253 e. The third-order valence-electron chi connectivity index (χ3n) is 8.69. The number of para-hydroxylation sites is 2. The molecule has 5 rings (SSSR count). The van der Waals surface area contributed by atoms with E-state index in [1.807, 2.05) is 97.1 Å². The zero-order chi connectivity index (χ0) is 32.3. The minimum absolute atomic E-state index is 0.145. The Labute approximate surface area is 273 Å².